The minimum absolute atomic E-state index is 0.196. The first-order valence-corrected chi connectivity index (χ1v) is 10.4. The molecule has 1 saturated heterocycles. The fourth-order valence-electron chi connectivity index (χ4n) is 3.78. The number of ether oxygens (including phenoxy) is 1. The van der Waals surface area contributed by atoms with Crippen LogP contribution in [0.1, 0.15) is 17.5 Å². The van der Waals surface area contributed by atoms with Gasteiger partial charge in [-0.2, -0.15) is 5.10 Å². The fraction of sp³-hybridized carbons (Fsp3) is 0.333. The zero-order valence-electron chi connectivity index (χ0n) is 17.6. The van der Waals surface area contributed by atoms with Gasteiger partial charge in [0.15, 0.2) is 5.82 Å². The number of aryl methyl sites for hydroxylation is 1. The third-order valence-electron chi connectivity index (χ3n) is 5.61. The van der Waals surface area contributed by atoms with Crippen molar-refractivity contribution in [3.63, 3.8) is 0 Å². The highest BCUT2D eigenvalue weighted by Crippen LogP contribution is 2.24. The molecule has 1 amide bonds. The number of H-pyrrole nitrogens is 1. The minimum Gasteiger partial charge on any atom is -0.497 e. The van der Waals surface area contributed by atoms with Crippen LogP contribution in [0.3, 0.4) is 0 Å². The van der Waals surface area contributed by atoms with Crippen LogP contribution in [0.4, 0.5) is 5.82 Å². The molecule has 1 aliphatic heterocycles. The number of methoxy groups -OCH3 is 1. The molecule has 2 heterocycles. The summed E-state index contributed by atoms with van der Waals surface area (Å²) < 4.78 is 5.23. The second kappa shape index (κ2) is 9.03. The van der Waals surface area contributed by atoms with E-state index in [1.807, 2.05) is 41.3 Å². The highest BCUT2D eigenvalue weighted by atomic mass is 16.5. The van der Waals surface area contributed by atoms with Crippen LogP contribution in [0.25, 0.3) is 11.3 Å². The van der Waals surface area contributed by atoms with Gasteiger partial charge in [0.1, 0.15) is 5.75 Å². The van der Waals surface area contributed by atoms with Crippen molar-refractivity contribution < 1.29 is 9.53 Å². The molecule has 1 aliphatic rings. The maximum absolute atomic E-state index is 12.8. The number of nitrogens with zero attached hydrogens (tertiary/aromatic N) is 3. The van der Waals surface area contributed by atoms with Gasteiger partial charge in [-0.05, 0) is 48.7 Å². The standard InChI is InChI=1S/C24H28N4O2/c1-18-4-6-19(7-5-18)16-24(29)28-13-3-12-27(14-15-28)23-17-22(25-26-23)20-8-10-21(30-2)11-9-20/h4-11,17H,3,12-16H2,1-2H3,(H,25,26). The summed E-state index contributed by atoms with van der Waals surface area (Å²) in [6.45, 7) is 5.24. The summed E-state index contributed by atoms with van der Waals surface area (Å²) in [5.74, 6) is 1.96. The molecule has 30 heavy (non-hydrogen) atoms. The molecule has 156 valence electrons. The van der Waals surface area contributed by atoms with Gasteiger partial charge in [-0.25, -0.2) is 0 Å². The van der Waals surface area contributed by atoms with Crippen molar-refractivity contribution in [1.29, 1.82) is 0 Å². The highest BCUT2D eigenvalue weighted by Gasteiger charge is 2.21. The highest BCUT2D eigenvalue weighted by molar-refractivity contribution is 5.79. The molecule has 1 fully saturated rings. The van der Waals surface area contributed by atoms with E-state index in [1.165, 1.54) is 5.56 Å². The molecule has 0 radical (unpaired) electrons. The van der Waals surface area contributed by atoms with Crippen LogP contribution in [-0.2, 0) is 11.2 Å². The first-order valence-electron chi connectivity index (χ1n) is 10.4. The number of rotatable bonds is 5. The Morgan fingerprint density at radius 2 is 1.80 bits per heavy atom. The van der Waals surface area contributed by atoms with E-state index >= 15 is 0 Å². The zero-order chi connectivity index (χ0) is 20.9. The number of hydrogen-bond acceptors (Lipinski definition) is 4. The average Bonchev–Trinajstić information content (AvgIpc) is 3.13. The van der Waals surface area contributed by atoms with E-state index in [4.69, 9.17) is 4.74 Å². The predicted molar refractivity (Wildman–Crippen MR) is 119 cm³/mol. The van der Waals surface area contributed by atoms with E-state index in [0.717, 1.165) is 61.0 Å². The molecule has 2 aromatic carbocycles. The maximum Gasteiger partial charge on any atom is 0.227 e. The molecule has 0 bridgehead atoms. The van der Waals surface area contributed by atoms with E-state index in [0.29, 0.717) is 6.42 Å². The maximum atomic E-state index is 12.8. The first kappa shape index (κ1) is 20.0. The van der Waals surface area contributed by atoms with Crippen LogP contribution in [-0.4, -0.2) is 54.3 Å². The van der Waals surface area contributed by atoms with E-state index in [2.05, 4.69) is 40.2 Å². The first-order chi connectivity index (χ1) is 14.6. The molecule has 1 aromatic heterocycles. The van der Waals surface area contributed by atoms with E-state index in [1.54, 1.807) is 7.11 Å². The number of anilines is 1. The Morgan fingerprint density at radius 1 is 1.03 bits per heavy atom. The third-order valence-corrected chi connectivity index (χ3v) is 5.61. The SMILES string of the molecule is COc1ccc(-c2cc(N3CCCN(C(=O)Cc4ccc(C)cc4)CC3)n[nH]2)cc1. The number of aromatic nitrogens is 2. The third kappa shape index (κ3) is 4.64. The van der Waals surface area contributed by atoms with Crippen molar-refractivity contribution in [2.24, 2.45) is 0 Å². The van der Waals surface area contributed by atoms with Crippen LogP contribution >= 0.6 is 0 Å². The quantitative estimate of drug-likeness (QED) is 0.705. The van der Waals surface area contributed by atoms with E-state index < -0.39 is 0 Å². The second-order valence-corrected chi connectivity index (χ2v) is 7.75. The van der Waals surface area contributed by atoms with Crippen molar-refractivity contribution in [2.75, 3.05) is 38.2 Å². The van der Waals surface area contributed by atoms with Gasteiger partial charge in [-0.3, -0.25) is 9.89 Å². The second-order valence-electron chi connectivity index (χ2n) is 7.75. The predicted octanol–water partition coefficient (Wildman–Crippen LogP) is 3.68. The number of amides is 1. The minimum atomic E-state index is 0.196. The monoisotopic (exact) mass is 404 g/mol. The van der Waals surface area contributed by atoms with E-state index in [9.17, 15) is 4.79 Å². The summed E-state index contributed by atoms with van der Waals surface area (Å²) >= 11 is 0. The summed E-state index contributed by atoms with van der Waals surface area (Å²) in [4.78, 5) is 17.0. The van der Waals surface area contributed by atoms with E-state index in [-0.39, 0.29) is 5.91 Å². The average molecular weight is 405 g/mol. The Labute approximate surface area is 177 Å². The largest absolute Gasteiger partial charge is 0.497 e. The molecule has 0 atom stereocenters. The molecule has 6 heteroatoms. The molecule has 0 saturated carbocycles. The van der Waals surface area contributed by atoms with Gasteiger partial charge in [-0.15, -0.1) is 0 Å². The van der Waals surface area contributed by atoms with Crippen LogP contribution in [0.15, 0.2) is 54.6 Å². The van der Waals surface area contributed by atoms with Gasteiger partial charge in [0.25, 0.3) is 0 Å². The zero-order valence-corrected chi connectivity index (χ0v) is 17.6. The molecular formula is C24H28N4O2. The molecule has 0 spiro atoms. The van der Waals surface area contributed by atoms with Crippen molar-refractivity contribution in [3.8, 4) is 17.0 Å². The topological polar surface area (TPSA) is 61.5 Å². The lowest BCUT2D eigenvalue weighted by molar-refractivity contribution is -0.130. The molecule has 4 rings (SSSR count). The van der Waals surface area contributed by atoms with Crippen LogP contribution < -0.4 is 9.64 Å². The smallest absolute Gasteiger partial charge is 0.227 e. The lowest BCUT2D eigenvalue weighted by Crippen LogP contribution is -2.36. The van der Waals surface area contributed by atoms with Crippen molar-refractivity contribution in [3.05, 3.63) is 65.7 Å². The Bertz CT molecular complexity index is 979. The normalized spacial score (nSPS) is 14.5. The summed E-state index contributed by atoms with van der Waals surface area (Å²) in [5, 5.41) is 7.65. The van der Waals surface area contributed by atoms with Crippen LogP contribution in [0.5, 0.6) is 5.75 Å². The Morgan fingerprint density at radius 3 is 2.53 bits per heavy atom. The molecule has 1 N–H and O–H groups in total. The van der Waals surface area contributed by atoms with Gasteiger partial charge >= 0.3 is 0 Å². The lowest BCUT2D eigenvalue weighted by Gasteiger charge is -2.22. The lowest BCUT2D eigenvalue weighted by atomic mass is 10.1. The van der Waals surface area contributed by atoms with Gasteiger partial charge in [-0.1, -0.05) is 29.8 Å². The number of carbonyl (C=O) groups excluding carboxylic acids is 1. The summed E-state index contributed by atoms with van der Waals surface area (Å²) in [6, 6.07) is 18.2. The van der Waals surface area contributed by atoms with Gasteiger partial charge < -0.3 is 14.5 Å². The van der Waals surface area contributed by atoms with Crippen molar-refractivity contribution in [1.82, 2.24) is 15.1 Å². The molecular weight excluding hydrogens is 376 g/mol. The summed E-state index contributed by atoms with van der Waals surface area (Å²) in [6.07, 6.45) is 1.40. The molecule has 6 nitrogen and oxygen atoms in total. The molecule has 0 aliphatic carbocycles. The van der Waals surface area contributed by atoms with Crippen LogP contribution in [0.2, 0.25) is 0 Å². The Hall–Kier alpha value is -3.28. The summed E-state index contributed by atoms with van der Waals surface area (Å²) in [5.41, 5.74) is 4.33. The van der Waals surface area contributed by atoms with Crippen molar-refractivity contribution >= 4 is 11.7 Å². The number of carbonyl (C=O) groups is 1. The summed E-state index contributed by atoms with van der Waals surface area (Å²) in [7, 11) is 1.66. The van der Waals surface area contributed by atoms with Gasteiger partial charge in [0, 0.05) is 32.2 Å². The Balaban J connectivity index is 1.37. The van der Waals surface area contributed by atoms with Crippen LogP contribution in [0, 0.1) is 6.92 Å². The molecule has 0 unspecified atom stereocenters. The molecule has 3 aromatic rings. The number of hydrogen-bond donors (Lipinski definition) is 1. The fourth-order valence-corrected chi connectivity index (χ4v) is 3.78. The van der Waals surface area contributed by atoms with Gasteiger partial charge in [0.05, 0.1) is 19.2 Å². The number of aromatic amines is 1. The van der Waals surface area contributed by atoms with Crippen molar-refractivity contribution in [2.45, 2.75) is 19.8 Å². The Kier molecular flexibility index (Phi) is 6.02. The number of benzene rings is 2. The van der Waals surface area contributed by atoms with Gasteiger partial charge in [0.2, 0.25) is 5.91 Å². The number of nitrogens with one attached hydrogen (secondary N) is 1.